The summed E-state index contributed by atoms with van der Waals surface area (Å²) in [6.07, 6.45) is 5.69. The van der Waals surface area contributed by atoms with Gasteiger partial charge in [-0.15, -0.1) is 10.2 Å². The Bertz CT molecular complexity index is 760. The second kappa shape index (κ2) is 9.09. The molecule has 0 spiro atoms. The third-order valence-corrected chi connectivity index (χ3v) is 6.00. The Balaban J connectivity index is 1.46. The smallest absolute Gasteiger partial charge is 0.257 e. The molecule has 1 aliphatic rings. The minimum absolute atomic E-state index is 0.00556. The molecule has 1 aromatic carbocycles. The first-order valence-electron chi connectivity index (χ1n) is 8.43. The number of halogens is 1. The Hall–Kier alpha value is -2.00. The first-order valence-corrected chi connectivity index (χ1v) is 10.2. The van der Waals surface area contributed by atoms with Crippen molar-refractivity contribution in [1.29, 1.82) is 0 Å². The Morgan fingerprint density at radius 2 is 1.88 bits per heavy atom. The average molecular weight is 394 g/mol. The van der Waals surface area contributed by atoms with Crippen molar-refractivity contribution >= 4 is 40.0 Å². The van der Waals surface area contributed by atoms with E-state index in [1.54, 1.807) is 0 Å². The minimum Gasteiger partial charge on any atom is -0.353 e. The molecule has 0 radical (unpaired) electrons. The molecule has 2 aromatic rings. The molecule has 2 N–H and O–H groups in total. The zero-order valence-electron chi connectivity index (χ0n) is 14.0. The van der Waals surface area contributed by atoms with Gasteiger partial charge in [0, 0.05) is 11.6 Å². The standard InChI is InChI=1S/C17H19FN4O2S2/c18-12-8-6-11(7-9-12)15(24)20-16-21-22-17(26-16)25-10-14(23)19-13-4-2-1-3-5-13/h6-9,13H,1-5,10H2,(H,19,23)(H,20,21,24). The van der Waals surface area contributed by atoms with Crippen LogP contribution >= 0.6 is 23.1 Å². The van der Waals surface area contributed by atoms with E-state index < -0.39 is 5.82 Å². The summed E-state index contributed by atoms with van der Waals surface area (Å²) in [4.78, 5) is 24.1. The second-order valence-corrected chi connectivity index (χ2v) is 8.23. The largest absolute Gasteiger partial charge is 0.353 e. The van der Waals surface area contributed by atoms with E-state index in [1.807, 2.05) is 0 Å². The van der Waals surface area contributed by atoms with Crippen LogP contribution in [0.1, 0.15) is 42.5 Å². The zero-order valence-corrected chi connectivity index (χ0v) is 15.7. The normalized spacial score (nSPS) is 14.8. The van der Waals surface area contributed by atoms with Crippen LogP contribution in [0, 0.1) is 5.82 Å². The summed E-state index contributed by atoms with van der Waals surface area (Å²) in [7, 11) is 0. The lowest BCUT2D eigenvalue weighted by Crippen LogP contribution is -2.37. The Morgan fingerprint density at radius 3 is 2.62 bits per heavy atom. The van der Waals surface area contributed by atoms with E-state index in [2.05, 4.69) is 20.8 Å². The molecule has 1 aromatic heterocycles. The number of rotatable bonds is 6. The molecule has 6 nitrogen and oxygen atoms in total. The second-order valence-electron chi connectivity index (χ2n) is 6.03. The lowest BCUT2D eigenvalue weighted by molar-refractivity contribution is -0.119. The molecule has 0 bridgehead atoms. The highest BCUT2D eigenvalue weighted by Gasteiger charge is 2.16. The molecule has 138 valence electrons. The maximum atomic E-state index is 12.9. The third kappa shape index (κ3) is 5.50. The predicted octanol–water partition coefficient (Wildman–Crippen LogP) is 3.47. The van der Waals surface area contributed by atoms with Gasteiger partial charge < -0.3 is 5.32 Å². The van der Waals surface area contributed by atoms with E-state index in [0.717, 1.165) is 12.8 Å². The van der Waals surface area contributed by atoms with Gasteiger partial charge in [0.05, 0.1) is 5.75 Å². The number of anilines is 1. The van der Waals surface area contributed by atoms with Gasteiger partial charge in [0.25, 0.3) is 5.91 Å². The molecule has 0 aliphatic heterocycles. The van der Waals surface area contributed by atoms with Gasteiger partial charge in [-0.2, -0.15) is 0 Å². The number of nitrogens with one attached hydrogen (secondary N) is 2. The van der Waals surface area contributed by atoms with Crippen molar-refractivity contribution in [1.82, 2.24) is 15.5 Å². The van der Waals surface area contributed by atoms with Crippen LogP contribution in [0.25, 0.3) is 0 Å². The fourth-order valence-electron chi connectivity index (χ4n) is 2.73. The number of carbonyl (C=O) groups excluding carboxylic acids is 2. The highest BCUT2D eigenvalue weighted by molar-refractivity contribution is 8.01. The Kier molecular flexibility index (Phi) is 6.56. The number of carbonyl (C=O) groups is 2. The minimum atomic E-state index is -0.400. The van der Waals surface area contributed by atoms with E-state index in [9.17, 15) is 14.0 Å². The summed E-state index contributed by atoms with van der Waals surface area (Å²) in [5.74, 6) is -0.513. The molecule has 26 heavy (non-hydrogen) atoms. The van der Waals surface area contributed by atoms with Crippen LogP contribution in [0.15, 0.2) is 28.6 Å². The molecule has 1 heterocycles. The number of amides is 2. The van der Waals surface area contributed by atoms with Crippen molar-refractivity contribution in [3.8, 4) is 0 Å². The summed E-state index contributed by atoms with van der Waals surface area (Å²) in [6, 6.07) is 5.54. The summed E-state index contributed by atoms with van der Waals surface area (Å²) >= 11 is 2.50. The number of hydrogen-bond donors (Lipinski definition) is 2. The third-order valence-electron chi connectivity index (χ3n) is 4.03. The first-order chi connectivity index (χ1) is 12.6. The van der Waals surface area contributed by atoms with Crippen molar-refractivity contribution in [3.63, 3.8) is 0 Å². The fraction of sp³-hybridized carbons (Fsp3) is 0.412. The topological polar surface area (TPSA) is 84.0 Å². The van der Waals surface area contributed by atoms with Crippen molar-refractivity contribution in [2.24, 2.45) is 0 Å². The molecule has 9 heteroatoms. The van der Waals surface area contributed by atoms with E-state index in [4.69, 9.17) is 0 Å². The van der Waals surface area contributed by atoms with Crippen LogP contribution in [0.4, 0.5) is 9.52 Å². The van der Waals surface area contributed by atoms with Crippen LogP contribution in [0.3, 0.4) is 0 Å². The number of benzene rings is 1. The Labute approximate surface area is 159 Å². The lowest BCUT2D eigenvalue weighted by atomic mass is 9.95. The molecular weight excluding hydrogens is 375 g/mol. The highest BCUT2D eigenvalue weighted by Crippen LogP contribution is 2.26. The first kappa shape index (κ1) is 18.8. The summed E-state index contributed by atoms with van der Waals surface area (Å²) in [5.41, 5.74) is 0.336. The van der Waals surface area contributed by atoms with E-state index in [-0.39, 0.29) is 23.6 Å². The van der Waals surface area contributed by atoms with Gasteiger partial charge in [0.1, 0.15) is 5.82 Å². The van der Waals surface area contributed by atoms with Crippen LogP contribution in [0.2, 0.25) is 0 Å². The quantitative estimate of drug-likeness (QED) is 0.579. The van der Waals surface area contributed by atoms with E-state index >= 15 is 0 Å². The molecule has 1 saturated carbocycles. The number of hydrogen-bond acceptors (Lipinski definition) is 6. The number of nitrogens with zero attached hydrogens (tertiary/aromatic N) is 2. The maximum absolute atomic E-state index is 12.9. The van der Waals surface area contributed by atoms with Crippen molar-refractivity contribution in [2.75, 3.05) is 11.1 Å². The lowest BCUT2D eigenvalue weighted by Gasteiger charge is -2.22. The zero-order chi connectivity index (χ0) is 18.4. The molecular formula is C17H19FN4O2S2. The summed E-state index contributed by atoms with van der Waals surface area (Å²) in [5, 5.41) is 13.9. The highest BCUT2D eigenvalue weighted by atomic mass is 32.2. The molecule has 1 aliphatic carbocycles. The maximum Gasteiger partial charge on any atom is 0.257 e. The predicted molar refractivity (Wildman–Crippen MR) is 100 cm³/mol. The van der Waals surface area contributed by atoms with Crippen molar-refractivity contribution in [3.05, 3.63) is 35.6 Å². The van der Waals surface area contributed by atoms with Crippen molar-refractivity contribution < 1.29 is 14.0 Å². The molecule has 3 rings (SSSR count). The van der Waals surface area contributed by atoms with E-state index in [1.165, 1.54) is 66.6 Å². The van der Waals surface area contributed by atoms with Gasteiger partial charge in [0.15, 0.2) is 4.34 Å². The van der Waals surface area contributed by atoms with Gasteiger partial charge in [0.2, 0.25) is 11.0 Å². The molecule has 0 unspecified atom stereocenters. The van der Waals surface area contributed by atoms with E-state index in [0.29, 0.717) is 15.0 Å². The van der Waals surface area contributed by atoms with Gasteiger partial charge in [-0.05, 0) is 37.1 Å². The van der Waals surface area contributed by atoms with Crippen LogP contribution < -0.4 is 10.6 Å². The van der Waals surface area contributed by atoms with Gasteiger partial charge in [-0.3, -0.25) is 14.9 Å². The fourth-order valence-corrected chi connectivity index (χ4v) is 4.29. The van der Waals surface area contributed by atoms with Gasteiger partial charge in [-0.25, -0.2) is 4.39 Å². The van der Waals surface area contributed by atoms with Gasteiger partial charge in [-0.1, -0.05) is 42.4 Å². The number of aromatic nitrogens is 2. The van der Waals surface area contributed by atoms with Crippen molar-refractivity contribution in [2.45, 2.75) is 42.5 Å². The summed E-state index contributed by atoms with van der Waals surface area (Å²) in [6.45, 7) is 0. The van der Waals surface area contributed by atoms with Crippen LogP contribution in [-0.4, -0.2) is 33.8 Å². The molecule has 2 amide bonds. The van der Waals surface area contributed by atoms with Crippen LogP contribution in [0.5, 0.6) is 0 Å². The van der Waals surface area contributed by atoms with Crippen LogP contribution in [-0.2, 0) is 4.79 Å². The molecule has 1 fully saturated rings. The SMILES string of the molecule is O=C(CSc1nnc(NC(=O)c2ccc(F)cc2)s1)NC1CCCCC1. The molecule has 0 saturated heterocycles. The number of thioether (sulfide) groups is 1. The average Bonchev–Trinajstić information content (AvgIpc) is 3.09. The molecule has 0 atom stereocenters. The summed E-state index contributed by atoms with van der Waals surface area (Å²) < 4.78 is 13.5. The Morgan fingerprint density at radius 1 is 1.15 bits per heavy atom. The monoisotopic (exact) mass is 394 g/mol. The van der Waals surface area contributed by atoms with Gasteiger partial charge >= 0.3 is 0 Å².